The van der Waals surface area contributed by atoms with Crippen molar-refractivity contribution in [2.45, 2.75) is 30.2 Å². The second-order valence-electron chi connectivity index (χ2n) is 5.83. The molecule has 2 aromatic rings. The lowest BCUT2D eigenvalue weighted by Crippen LogP contribution is -2.35. The van der Waals surface area contributed by atoms with Gasteiger partial charge in [0, 0.05) is 23.5 Å². The number of hydrogen-bond acceptors (Lipinski definition) is 4. The summed E-state index contributed by atoms with van der Waals surface area (Å²) >= 11 is 5.78. The Balaban J connectivity index is 1.73. The molecule has 0 radical (unpaired) electrons. The van der Waals surface area contributed by atoms with E-state index in [0.717, 1.165) is 11.1 Å². The molecule has 0 aliphatic heterocycles. The minimum atomic E-state index is -3.62. The zero-order valence-electron chi connectivity index (χ0n) is 12.7. The highest BCUT2D eigenvalue weighted by atomic mass is 35.5. The lowest BCUT2D eigenvalue weighted by Gasteiger charge is -2.12. The summed E-state index contributed by atoms with van der Waals surface area (Å²) in [5.74, 6) is -1.13. The van der Waals surface area contributed by atoms with Gasteiger partial charge in [0.05, 0.1) is 4.90 Å². The number of halogens is 1. The zero-order valence-corrected chi connectivity index (χ0v) is 14.2. The van der Waals surface area contributed by atoms with Gasteiger partial charge in [-0.1, -0.05) is 29.8 Å². The van der Waals surface area contributed by atoms with Gasteiger partial charge in [0.2, 0.25) is 10.0 Å². The Morgan fingerprint density at radius 2 is 1.79 bits per heavy atom. The third-order valence-corrected chi connectivity index (χ3v) is 5.79. The lowest BCUT2D eigenvalue weighted by atomic mass is 10.0. The molecule has 0 aromatic heterocycles. The van der Waals surface area contributed by atoms with Crippen LogP contribution < -0.4 is 9.83 Å². The van der Waals surface area contributed by atoms with E-state index in [9.17, 15) is 18.3 Å². The van der Waals surface area contributed by atoms with Gasteiger partial charge in [-0.15, -0.1) is 0 Å². The highest BCUT2D eigenvalue weighted by molar-refractivity contribution is 7.89. The minimum Gasteiger partial charge on any atom is -0.550 e. The number of nitrogens with one attached hydrogen (secondary N) is 1. The molecule has 0 saturated carbocycles. The Bertz CT molecular complexity index is 878. The van der Waals surface area contributed by atoms with Crippen molar-refractivity contribution >= 4 is 27.6 Å². The quantitative estimate of drug-likeness (QED) is 0.860. The Morgan fingerprint density at radius 1 is 1.12 bits per heavy atom. The molecule has 0 fully saturated rings. The summed E-state index contributed by atoms with van der Waals surface area (Å²) in [5.41, 5.74) is 2.66. The van der Waals surface area contributed by atoms with E-state index in [1.165, 1.54) is 24.3 Å². The van der Waals surface area contributed by atoms with Crippen LogP contribution in [-0.2, 0) is 34.1 Å². The first kappa shape index (κ1) is 17.0. The highest BCUT2D eigenvalue weighted by Gasteiger charge is 2.26. The number of rotatable bonds is 5. The average Bonchev–Trinajstić information content (AvgIpc) is 2.87. The fraction of sp³-hybridized carbons (Fsp3) is 0.235. The van der Waals surface area contributed by atoms with Crippen LogP contribution in [0.3, 0.4) is 0 Å². The number of carbonyl (C=O) groups is 1. The smallest absolute Gasteiger partial charge is 0.240 e. The molecule has 0 amide bonds. The van der Waals surface area contributed by atoms with Crippen LogP contribution in [0.2, 0.25) is 5.02 Å². The van der Waals surface area contributed by atoms with Gasteiger partial charge >= 0.3 is 0 Å². The maximum absolute atomic E-state index is 12.4. The van der Waals surface area contributed by atoms with E-state index in [1.807, 2.05) is 12.1 Å². The van der Waals surface area contributed by atoms with Crippen molar-refractivity contribution < 1.29 is 18.3 Å². The Hall–Kier alpha value is -1.89. The zero-order chi connectivity index (χ0) is 17.3. The standard InChI is InChI=1S/C17H16ClNO4S/c18-14-3-5-16(6-4-14)24(22,23)19-15-9-12-2-1-11(8-17(20)21)7-13(12)10-15/h1-7,15,19H,8-10H2,(H,20,21)/p-1. The van der Waals surface area contributed by atoms with Gasteiger partial charge < -0.3 is 9.90 Å². The predicted molar refractivity (Wildman–Crippen MR) is 88.1 cm³/mol. The molecule has 1 aliphatic carbocycles. The molecule has 0 saturated heterocycles. The van der Waals surface area contributed by atoms with Crippen LogP contribution >= 0.6 is 11.6 Å². The topological polar surface area (TPSA) is 86.3 Å². The molecule has 1 unspecified atom stereocenters. The first-order valence-electron chi connectivity index (χ1n) is 7.42. The molecular weight excluding hydrogens is 350 g/mol. The van der Waals surface area contributed by atoms with Gasteiger partial charge in [0.1, 0.15) is 0 Å². The number of carboxylic acids is 1. The van der Waals surface area contributed by atoms with E-state index in [2.05, 4.69) is 4.72 Å². The van der Waals surface area contributed by atoms with Crippen molar-refractivity contribution in [3.8, 4) is 0 Å². The Labute approximate surface area is 145 Å². The van der Waals surface area contributed by atoms with Crippen LogP contribution in [0, 0.1) is 0 Å². The van der Waals surface area contributed by atoms with Gasteiger partial charge in [0.25, 0.3) is 0 Å². The second-order valence-corrected chi connectivity index (χ2v) is 7.98. The molecule has 2 aromatic carbocycles. The maximum atomic E-state index is 12.4. The lowest BCUT2D eigenvalue weighted by molar-refractivity contribution is -0.304. The first-order valence-corrected chi connectivity index (χ1v) is 9.28. The van der Waals surface area contributed by atoms with Gasteiger partial charge in [-0.3, -0.25) is 0 Å². The highest BCUT2D eigenvalue weighted by Crippen LogP contribution is 2.25. The fourth-order valence-electron chi connectivity index (χ4n) is 2.93. The third-order valence-electron chi connectivity index (χ3n) is 4.00. The summed E-state index contributed by atoms with van der Waals surface area (Å²) in [6.07, 6.45) is 0.964. The summed E-state index contributed by atoms with van der Waals surface area (Å²) in [6, 6.07) is 11.1. The number of fused-ring (bicyclic) bond motifs is 1. The summed E-state index contributed by atoms with van der Waals surface area (Å²) in [4.78, 5) is 10.9. The fourth-order valence-corrected chi connectivity index (χ4v) is 4.29. The van der Waals surface area contributed by atoms with E-state index in [0.29, 0.717) is 23.4 Å². The monoisotopic (exact) mass is 364 g/mol. The molecule has 0 bridgehead atoms. The van der Waals surface area contributed by atoms with Crippen LogP contribution in [0.15, 0.2) is 47.4 Å². The first-order chi connectivity index (χ1) is 11.3. The summed E-state index contributed by atoms with van der Waals surface area (Å²) in [5, 5.41) is 11.2. The van der Waals surface area contributed by atoms with Crippen molar-refractivity contribution in [2.75, 3.05) is 0 Å². The Kier molecular flexibility index (Phi) is 4.62. The normalized spacial score (nSPS) is 16.8. The largest absolute Gasteiger partial charge is 0.550 e. The number of sulfonamides is 1. The molecule has 1 atom stereocenters. The van der Waals surface area contributed by atoms with Crippen molar-refractivity contribution in [3.63, 3.8) is 0 Å². The van der Waals surface area contributed by atoms with Crippen LogP contribution in [-0.4, -0.2) is 20.4 Å². The van der Waals surface area contributed by atoms with Gasteiger partial charge in [-0.05, 0) is 53.8 Å². The van der Waals surface area contributed by atoms with Crippen molar-refractivity contribution in [1.29, 1.82) is 0 Å². The molecule has 5 nitrogen and oxygen atoms in total. The summed E-state index contributed by atoms with van der Waals surface area (Å²) in [6.45, 7) is 0. The molecule has 24 heavy (non-hydrogen) atoms. The number of aliphatic carboxylic acids is 1. The van der Waals surface area contributed by atoms with Crippen LogP contribution in [0.5, 0.6) is 0 Å². The van der Waals surface area contributed by atoms with E-state index in [4.69, 9.17) is 11.6 Å². The van der Waals surface area contributed by atoms with Crippen molar-refractivity contribution in [2.24, 2.45) is 0 Å². The van der Waals surface area contributed by atoms with Crippen molar-refractivity contribution in [3.05, 3.63) is 64.2 Å². The van der Waals surface area contributed by atoms with Crippen LogP contribution in [0.4, 0.5) is 0 Å². The van der Waals surface area contributed by atoms with E-state index in [1.54, 1.807) is 6.07 Å². The number of hydrogen-bond donors (Lipinski definition) is 1. The minimum absolute atomic E-state index is 0.144. The van der Waals surface area contributed by atoms with Crippen molar-refractivity contribution in [1.82, 2.24) is 4.72 Å². The maximum Gasteiger partial charge on any atom is 0.240 e. The third kappa shape index (κ3) is 3.77. The molecule has 126 valence electrons. The van der Waals surface area contributed by atoms with Crippen LogP contribution in [0.25, 0.3) is 0 Å². The van der Waals surface area contributed by atoms with E-state index < -0.39 is 16.0 Å². The van der Waals surface area contributed by atoms with Gasteiger partial charge in [0.15, 0.2) is 0 Å². The molecule has 7 heteroatoms. The number of carboxylic acid groups (broad SMARTS) is 1. The average molecular weight is 365 g/mol. The van der Waals surface area contributed by atoms with Gasteiger partial charge in [-0.2, -0.15) is 0 Å². The van der Waals surface area contributed by atoms with E-state index in [-0.39, 0.29) is 17.4 Å². The molecule has 1 N–H and O–H groups in total. The van der Waals surface area contributed by atoms with Gasteiger partial charge in [-0.25, -0.2) is 13.1 Å². The molecular formula is C17H15ClNO4S-. The number of carbonyl (C=O) groups excluding carboxylic acids is 1. The van der Waals surface area contributed by atoms with Crippen LogP contribution in [0.1, 0.15) is 16.7 Å². The molecule has 3 rings (SSSR count). The van der Waals surface area contributed by atoms with E-state index >= 15 is 0 Å². The number of benzene rings is 2. The molecule has 0 heterocycles. The molecule has 0 spiro atoms. The summed E-state index contributed by atoms with van der Waals surface area (Å²) in [7, 11) is -3.62. The summed E-state index contributed by atoms with van der Waals surface area (Å²) < 4.78 is 27.5. The Morgan fingerprint density at radius 3 is 2.46 bits per heavy atom. The SMILES string of the molecule is O=C([O-])Cc1ccc2c(c1)CC(NS(=O)(=O)c1ccc(Cl)cc1)C2. The second kappa shape index (κ2) is 6.55. The molecule has 1 aliphatic rings. The predicted octanol–water partition coefficient (Wildman–Crippen LogP) is 1.08.